The smallest absolute Gasteiger partial charge is 0.318 e. The van der Waals surface area contributed by atoms with Gasteiger partial charge in [-0.3, -0.25) is 4.79 Å². The molecule has 3 aromatic carbocycles. The van der Waals surface area contributed by atoms with E-state index in [1.54, 1.807) is 23.1 Å². The van der Waals surface area contributed by atoms with Gasteiger partial charge in [-0.1, -0.05) is 67.6 Å². The molecule has 1 saturated heterocycles. The van der Waals surface area contributed by atoms with Crippen LogP contribution in [0.15, 0.2) is 78.9 Å². The molecule has 0 radical (unpaired) electrons. The lowest BCUT2D eigenvalue weighted by molar-refractivity contribution is 0.1000. The molecule has 0 saturated carbocycles. The molecule has 0 spiro atoms. The molecule has 1 aliphatic heterocycles. The second kappa shape index (κ2) is 11.6. The van der Waals surface area contributed by atoms with Crippen molar-refractivity contribution in [2.24, 2.45) is 5.73 Å². The number of aryl methyl sites for hydroxylation is 1. The molecular weight excluding hydrogens is 436 g/mol. The van der Waals surface area contributed by atoms with Gasteiger partial charge in [0.15, 0.2) is 0 Å². The third-order valence-corrected chi connectivity index (χ3v) is 6.62. The lowest BCUT2D eigenvalue weighted by Gasteiger charge is -2.36. The number of anilines is 1. The summed E-state index contributed by atoms with van der Waals surface area (Å²) in [5.74, 6) is -0.470. The van der Waals surface area contributed by atoms with Crippen LogP contribution in [0.5, 0.6) is 0 Å². The molecule has 1 aliphatic rings. The van der Waals surface area contributed by atoms with Gasteiger partial charge in [0.2, 0.25) is 5.91 Å². The molecule has 0 atom stereocenters. The lowest BCUT2D eigenvalue weighted by atomic mass is 10.0. The minimum Gasteiger partial charge on any atom is -0.371 e. The van der Waals surface area contributed by atoms with E-state index in [9.17, 15) is 9.59 Å². The zero-order valence-corrected chi connectivity index (χ0v) is 20.3. The topological polar surface area (TPSA) is 78.7 Å². The van der Waals surface area contributed by atoms with E-state index in [1.807, 2.05) is 36.4 Å². The standard InChI is InChI=1S/C29H34N4O2/c1-2-24-12-6-7-14-27(24)32-17-15-26(16-18-32)31-29(35)33(20-22-9-4-3-5-10-22)21-23-11-8-13-25(19-23)28(30)34/h3-14,19,26H,2,15-18,20-21H2,1H3,(H2,30,34)(H,31,35). The van der Waals surface area contributed by atoms with E-state index in [0.29, 0.717) is 18.7 Å². The van der Waals surface area contributed by atoms with Gasteiger partial charge in [0.05, 0.1) is 0 Å². The van der Waals surface area contributed by atoms with E-state index in [1.165, 1.54) is 11.3 Å². The van der Waals surface area contributed by atoms with Crippen LogP contribution in [0.3, 0.4) is 0 Å². The number of amides is 3. The van der Waals surface area contributed by atoms with Gasteiger partial charge >= 0.3 is 6.03 Å². The molecule has 182 valence electrons. The zero-order valence-electron chi connectivity index (χ0n) is 20.3. The second-order valence-electron chi connectivity index (χ2n) is 9.10. The van der Waals surface area contributed by atoms with Crippen molar-refractivity contribution < 1.29 is 9.59 Å². The van der Waals surface area contributed by atoms with Crippen LogP contribution in [0.2, 0.25) is 0 Å². The van der Waals surface area contributed by atoms with Crippen LogP contribution in [-0.2, 0) is 19.5 Å². The molecule has 0 bridgehead atoms. The fraction of sp³-hybridized carbons (Fsp3) is 0.310. The fourth-order valence-electron chi connectivity index (χ4n) is 4.70. The van der Waals surface area contributed by atoms with Gasteiger partial charge in [0.25, 0.3) is 0 Å². The molecular formula is C29H34N4O2. The Bertz CT molecular complexity index is 1140. The first-order valence-corrected chi connectivity index (χ1v) is 12.3. The number of piperidine rings is 1. The fourth-order valence-corrected chi connectivity index (χ4v) is 4.70. The van der Waals surface area contributed by atoms with Crippen molar-refractivity contribution in [1.82, 2.24) is 10.2 Å². The Balaban J connectivity index is 1.42. The largest absolute Gasteiger partial charge is 0.371 e. The molecule has 0 unspecified atom stereocenters. The average molecular weight is 471 g/mol. The predicted molar refractivity (Wildman–Crippen MR) is 140 cm³/mol. The van der Waals surface area contributed by atoms with Gasteiger partial charge in [0, 0.05) is 43.5 Å². The predicted octanol–water partition coefficient (Wildman–Crippen LogP) is 4.73. The first-order chi connectivity index (χ1) is 17.0. The molecule has 3 aromatic rings. The minimum absolute atomic E-state index is 0.0919. The number of carbonyl (C=O) groups is 2. The number of benzene rings is 3. The van der Waals surface area contributed by atoms with Gasteiger partial charge < -0.3 is 20.9 Å². The van der Waals surface area contributed by atoms with E-state index >= 15 is 0 Å². The second-order valence-corrected chi connectivity index (χ2v) is 9.10. The summed E-state index contributed by atoms with van der Waals surface area (Å²) < 4.78 is 0. The number of para-hydroxylation sites is 1. The maximum absolute atomic E-state index is 13.4. The van der Waals surface area contributed by atoms with E-state index in [-0.39, 0.29) is 12.1 Å². The minimum atomic E-state index is -0.470. The average Bonchev–Trinajstić information content (AvgIpc) is 2.89. The van der Waals surface area contributed by atoms with Crippen molar-refractivity contribution in [2.45, 2.75) is 45.3 Å². The van der Waals surface area contributed by atoms with E-state index in [2.05, 4.69) is 41.4 Å². The maximum atomic E-state index is 13.4. The van der Waals surface area contributed by atoms with Gasteiger partial charge in [-0.2, -0.15) is 0 Å². The summed E-state index contributed by atoms with van der Waals surface area (Å²) in [6.07, 6.45) is 2.82. The molecule has 1 fully saturated rings. The Morgan fingerprint density at radius 3 is 2.29 bits per heavy atom. The SMILES string of the molecule is CCc1ccccc1N1CCC(NC(=O)N(Cc2ccccc2)Cc2cccc(C(N)=O)c2)CC1. The van der Waals surface area contributed by atoms with E-state index in [0.717, 1.165) is 43.5 Å². The van der Waals surface area contributed by atoms with Crippen molar-refractivity contribution in [3.8, 4) is 0 Å². The molecule has 3 N–H and O–H groups in total. The molecule has 1 heterocycles. The number of nitrogens with one attached hydrogen (secondary N) is 1. The number of primary amides is 1. The van der Waals surface area contributed by atoms with Gasteiger partial charge in [-0.05, 0) is 54.2 Å². The third-order valence-electron chi connectivity index (χ3n) is 6.62. The summed E-state index contributed by atoms with van der Waals surface area (Å²) in [6.45, 7) is 4.90. The van der Waals surface area contributed by atoms with Crippen LogP contribution in [0.4, 0.5) is 10.5 Å². The van der Waals surface area contributed by atoms with Gasteiger partial charge in [0.1, 0.15) is 0 Å². The maximum Gasteiger partial charge on any atom is 0.318 e. The van der Waals surface area contributed by atoms with Crippen LogP contribution in [0, 0.1) is 0 Å². The van der Waals surface area contributed by atoms with Crippen molar-refractivity contribution in [3.05, 3.63) is 101 Å². The summed E-state index contributed by atoms with van der Waals surface area (Å²) in [6, 6.07) is 25.7. The monoisotopic (exact) mass is 470 g/mol. The molecule has 4 rings (SSSR count). The van der Waals surface area contributed by atoms with Crippen molar-refractivity contribution >= 4 is 17.6 Å². The normalized spacial score (nSPS) is 13.9. The Morgan fingerprint density at radius 1 is 0.914 bits per heavy atom. The number of hydrogen-bond donors (Lipinski definition) is 2. The highest BCUT2D eigenvalue weighted by Crippen LogP contribution is 2.25. The number of carbonyl (C=O) groups excluding carboxylic acids is 2. The van der Waals surface area contributed by atoms with Crippen LogP contribution in [0.25, 0.3) is 0 Å². The number of hydrogen-bond acceptors (Lipinski definition) is 3. The van der Waals surface area contributed by atoms with Gasteiger partial charge in [-0.15, -0.1) is 0 Å². The molecule has 35 heavy (non-hydrogen) atoms. The van der Waals surface area contributed by atoms with E-state index in [4.69, 9.17) is 5.73 Å². The summed E-state index contributed by atoms with van der Waals surface area (Å²) in [7, 11) is 0. The number of rotatable bonds is 8. The van der Waals surface area contributed by atoms with Crippen molar-refractivity contribution in [3.63, 3.8) is 0 Å². The highest BCUT2D eigenvalue weighted by Gasteiger charge is 2.24. The van der Waals surface area contributed by atoms with Crippen LogP contribution >= 0.6 is 0 Å². The molecule has 3 amide bonds. The first kappa shape index (κ1) is 24.3. The van der Waals surface area contributed by atoms with Crippen molar-refractivity contribution in [2.75, 3.05) is 18.0 Å². The van der Waals surface area contributed by atoms with Crippen molar-refractivity contribution in [1.29, 1.82) is 0 Å². The lowest BCUT2D eigenvalue weighted by Crippen LogP contribution is -2.49. The van der Waals surface area contributed by atoms with Gasteiger partial charge in [-0.25, -0.2) is 4.79 Å². The number of nitrogens with zero attached hydrogens (tertiary/aromatic N) is 2. The van der Waals surface area contributed by atoms with Crippen LogP contribution in [0.1, 0.15) is 46.8 Å². The molecule has 0 aromatic heterocycles. The number of urea groups is 1. The quantitative estimate of drug-likeness (QED) is 0.500. The van der Waals surface area contributed by atoms with Crippen LogP contribution in [-0.4, -0.2) is 36.0 Å². The Labute approximate surface area is 207 Å². The summed E-state index contributed by atoms with van der Waals surface area (Å²) >= 11 is 0. The Kier molecular flexibility index (Phi) is 8.03. The highest BCUT2D eigenvalue weighted by molar-refractivity contribution is 5.92. The number of nitrogens with two attached hydrogens (primary N) is 1. The molecule has 6 heteroatoms. The summed E-state index contributed by atoms with van der Waals surface area (Å²) in [4.78, 5) is 29.3. The highest BCUT2D eigenvalue weighted by atomic mass is 16.2. The zero-order chi connectivity index (χ0) is 24.6. The Hall–Kier alpha value is -3.80. The molecule has 6 nitrogen and oxygen atoms in total. The third kappa shape index (κ3) is 6.41. The summed E-state index contributed by atoms with van der Waals surface area (Å²) in [5, 5.41) is 3.27. The van der Waals surface area contributed by atoms with Crippen LogP contribution < -0.4 is 16.0 Å². The van der Waals surface area contributed by atoms with E-state index < -0.39 is 5.91 Å². The first-order valence-electron chi connectivity index (χ1n) is 12.3. The summed E-state index contributed by atoms with van der Waals surface area (Å²) in [5.41, 5.74) is 10.5. The molecule has 0 aliphatic carbocycles. The Morgan fingerprint density at radius 2 is 1.57 bits per heavy atom.